The maximum Gasteiger partial charge on any atom is 0.0130 e. The van der Waals surface area contributed by atoms with E-state index in [1.54, 1.807) is 0 Å². The average Bonchev–Trinajstić information content (AvgIpc) is 3.52. The Morgan fingerprint density at radius 1 is 0.452 bits per heavy atom. The molecular formula is C40H66N2. The highest BCUT2D eigenvalue weighted by Crippen LogP contribution is 2.52. The highest BCUT2D eigenvalue weighted by atomic mass is 15.2. The van der Waals surface area contributed by atoms with E-state index < -0.39 is 0 Å². The molecule has 7 aliphatic rings. The lowest BCUT2D eigenvalue weighted by atomic mass is 9.67. The number of likely N-dealkylation sites (tertiary alicyclic amines) is 2. The van der Waals surface area contributed by atoms with Gasteiger partial charge >= 0.3 is 0 Å². The van der Waals surface area contributed by atoms with Crippen molar-refractivity contribution in [1.82, 2.24) is 9.80 Å². The number of allylic oxidation sites excluding steroid dienone is 4. The van der Waals surface area contributed by atoms with E-state index >= 15 is 0 Å². The lowest BCUT2D eigenvalue weighted by Crippen LogP contribution is -2.40. The van der Waals surface area contributed by atoms with Crippen LogP contribution in [0.5, 0.6) is 0 Å². The van der Waals surface area contributed by atoms with Crippen LogP contribution < -0.4 is 0 Å². The van der Waals surface area contributed by atoms with E-state index in [2.05, 4.69) is 61.8 Å². The first-order valence-electron chi connectivity index (χ1n) is 19.4. The molecule has 14 unspecified atom stereocenters. The fourth-order valence-corrected chi connectivity index (χ4v) is 12.9. The van der Waals surface area contributed by atoms with Crippen LogP contribution in [0.1, 0.15) is 130 Å². The second kappa shape index (κ2) is 13.0. The summed E-state index contributed by atoms with van der Waals surface area (Å²) in [4.78, 5) is 5.91. The quantitative estimate of drug-likeness (QED) is 0.291. The highest BCUT2D eigenvalue weighted by molar-refractivity contribution is 5.10. The van der Waals surface area contributed by atoms with Crippen molar-refractivity contribution in [2.45, 2.75) is 155 Å². The second-order valence-electron chi connectivity index (χ2n) is 16.8. The number of nitrogens with zero attached hydrogens (tertiary/aromatic N) is 2. The van der Waals surface area contributed by atoms with E-state index in [-0.39, 0.29) is 0 Å². The molecule has 0 aromatic carbocycles. The fraction of sp³-hybridized carbons (Fsp3) is 0.900. The zero-order valence-electron chi connectivity index (χ0n) is 28.0. The molecule has 2 heteroatoms. The molecule has 0 N–H and O–H groups in total. The van der Waals surface area contributed by atoms with Gasteiger partial charge in [-0.25, -0.2) is 0 Å². The van der Waals surface area contributed by atoms with Crippen molar-refractivity contribution in [1.29, 1.82) is 0 Å². The molecule has 14 atom stereocenters. The molecule has 0 radical (unpaired) electrons. The number of hydrogen-bond donors (Lipinski definition) is 0. The van der Waals surface area contributed by atoms with Crippen molar-refractivity contribution in [3.63, 3.8) is 0 Å². The molecule has 2 saturated heterocycles. The van der Waals surface area contributed by atoms with E-state index in [9.17, 15) is 0 Å². The molecule has 0 bridgehead atoms. The third-order valence-electron chi connectivity index (χ3n) is 14.9. The van der Waals surface area contributed by atoms with Gasteiger partial charge < -0.3 is 0 Å². The Morgan fingerprint density at radius 3 is 1.29 bits per heavy atom. The van der Waals surface area contributed by atoms with Crippen molar-refractivity contribution in [3.8, 4) is 0 Å². The van der Waals surface area contributed by atoms with Crippen molar-refractivity contribution in [2.75, 3.05) is 13.1 Å². The molecule has 42 heavy (non-hydrogen) atoms. The molecule has 2 heterocycles. The standard InChI is InChI=1S/C40H66N2/c1-5-41-37-13-9-7-11-33(37)35-25-29(17-21-39(35)41)15-19-31-23-28(4)32(24-27(31)3)20-16-30-18-22-40-36(26-30)34-12-8-10-14-38(34)42(40)6-2/h15-16,19-20,27-40H,5-14,17-18,21-26H2,1-4H3/b19-15+,20-16+. The highest BCUT2D eigenvalue weighted by Gasteiger charge is 2.51. The monoisotopic (exact) mass is 575 g/mol. The Morgan fingerprint density at radius 2 is 0.857 bits per heavy atom. The van der Waals surface area contributed by atoms with Gasteiger partial charge in [0.15, 0.2) is 0 Å². The van der Waals surface area contributed by atoms with Gasteiger partial charge in [0, 0.05) is 24.2 Å². The van der Waals surface area contributed by atoms with Crippen LogP contribution in [0.3, 0.4) is 0 Å². The van der Waals surface area contributed by atoms with Gasteiger partial charge in [0.05, 0.1) is 0 Å². The smallest absolute Gasteiger partial charge is 0.0130 e. The van der Waals surface area contributed by atoms with Crippen LogP contribution >= 0.6 is 0 Å². The van der Waals surface area contributed by atoms with Crippen LogP contribution in [0.4, 0.5) is 0 Å². The minimum absolute atomic E-state index is 0.803. The molecule has 5 saturated carbocycles. The minimum atomic E-state index is 0.803. The summed E-state index contributed by atoms with van der Waals surface area (Å²) in [6.45, 7) is 12.6. The van der Waals surface area contributed by atoms with Crippen LogP contribution in [0.25, 0.3) is 0 Å². The van der Waals surface area contributed by atoms with E-state index in [4.69, 9.17) is 0 Å². The number of fused-ring (bicyclic) bond motifs is 6. The van der Waals surface area contributed by atoms with Gasteiger partial charge in [-0.05, 0) is 149 Å². The lowest BCUT2D eigenvalue weighted by Gasteiger charge is -2.38. The van der Waals surface area contributed by atoms with Crippen LogP contribution in [-0.4, -0.2) is 47.1 Å². The summed E-state index contributed by atoms with van der Waals surface area (Å²) < 4.78 is 0. The molecule has 236 valence electrons. The zero-order chi connectivity index (χ0) is 28.8. The van der Waals surface area contributed by atoms with Gasteiger partial charge in [-0.2, -0.15) is 0 Å². The maximum atomic E-state index is 2.96. The summed E-state index contributed by atoms with van der Waals surface area (Å²) in [5, 5.41) is 0. The third kappa shape index (κ3) is 5.65. The van der Waals surface area contributed by atoms with Crippen LogP contribution in [0.2, 0.25) is 0 Å². The molecule has 2 aliphatic heterocycles. The summed E-state index contributed by atoms with van der Waals surface area (Å²) in [6.07, 6.45) is 34.5. The number of hydrogen-bond acceptors (Lipinski definition) is 2. The lowest BCUT2D eigenvalue weighted by molar-refractivity contribution is 0.139. The van der Waals surface area contributed by atoms with Gasteiger partial charge in [0.25, 0.3) is 0 Å². The molecule has 2 nitrogen and oxygen atoms in total. The first kappa shape index (κ1) is 30.1. The molecule has 0 amide bonds. The van der Waals surface area contributed by atoms with Gasteiger partial charge in [0.1, 0.15) is 0 Å². The topological polar surface area (TPSA) is 6.48 Å². The van der Waals surface area contributed by atoms with Crippen molar-refractivity contribution >= 4 is 0 Å². The minimum Gasteiger partial charge on any atom is -0.297 e. The third-order valence-corrected chi connectivity index (χ3v) is 14.9. The van der Waals surface area contributed by atoms with E-state index in [1.165, 1.54) is 116 Å². The SMILES string of the molecule is CCN1C2CCCCC2C2CC(/C=C/C3CC(C)C(/C=C/C4CCC5C(C4)C4CCCCC4N5CC)CC3C)CCC21. The summed E-state index contributed by atoms with van der Waals surface area (Å²) in [5.41, 5.74) is 0. The first-order valence-corrected chi connectivity index (χ1v) is 19.4. The Hall–Kier alpha value is -0.600. The predicted octanol–water partition coefficient (Wildman–Crippen LogP) is 9.76. The Bertz CT molecular complexity index is 865. The van der Waals surface area contributed by atoms with Gasteiger partial charge in [0.2, 0.25) is 0 Å². The van der Waals surface area contributed by atoms with Crippen LogP contribution in [-0.2, 0) is 0 Å². The summed E-state index contributed by atoms with van der Waals surface area (Å²) in [7, 11) is 0. The van der Waals surface area contributed by atoms with Gasteiger partial charge in [-0.1, -0.05) is 77.7 Å². The van der Waals surface area contributed by atoms with E-state index in [0.29, 0.717) is 0 Å². The van der Waals surface area contributed by atoms with Gasteiger partial charge in [-0.3, -0.25) is 9.80 Å². The predicted molar refractivity (Wildman–Crippen MR) is 178 cm³/mol. The van der Waals surface area contributed by atoms with E-state index in [0.717, 1.165) is 83.3 Å². The zero-order valence-corrected chi connectivity index (χ0v) is 28.0. The molecule has 5 aliphatic carbocycles. The normalized spacial score (nSPS) is 50.1. The average molecular weight is 575 g/mol. The fourth-order valence-electron chi connectivity index (χ4n) is 12.9. The largest absolute Gasteiger partial charge is 0.297 e. The Kier molecular flexibility index (Phi) is 9.32. The van der Waals surface area contributed by atoms with Crippen molar-refractivity contribution < 1.29 is 0 Å². The molecular weight excluding hydrogens is 508 g/mol. The van der Waals surface area contributed by atoms with Crippen molar-refractivity contribution in [3.05, 3.63) is 24.3 Å². The molecule has 0 aromatic heterocycles. The van der Waals surface area contributed by atoms with E-state index in [1.807, 2.05) is 0 Å². The molecule has 0 aromatic rings. The van der Waals surface area contributed by atoms with Crippen LogP contribution in [0.15, 0.2) is 24.3 Å². The summed E-state index contributed by atoms with van der Waals surface area (Å²) in [5.74, 6) is 8.98. The van der Waals surface area contributed by atoms with Crippen LogP contribution in [0, 0.1) is 59.2 Å². The molecule has 7 rings (SSSR count). The van der Waals surface area contributed by atoms with Crippen molar-refractivity contribution in [2.24, 2.45) is 59.2 Å². The molecule has 0 spiro atoms. The Labute approximate surface area is 260 Å². The first-order chi connectivity index (χ1) is 20.6. The number of rotatable bonds is 6. The summed E-state index contributed by atoms with van der Waals surface area (Å²) in [6, 6.07) is 3.67. The van der Waals surface area contributed by atoms with Gasteiger partial charge in [-0.15, -0.1) is 0 Å². The summed E-state index contributed by atoms with van der Waals surface area (Å²) >= 11 is 0. The second-order valence-corrected chi connectivity index (χ2v) is 16.8. The maximum absolute atomic E-state index is 2.96. The Balaban J connectivity index is 0.922. The molecule has 7 fully saturated rings.